The minimum atomic E-state index is -0.477. The summed E-state index contributed by atoms with van der Waals surface area (Å²) in [6.07, 6.45) is 0. The summed E-state index contributed by atoms with van der Waals surface area (Å²) in [7, 11) is 0. The van der Waals surface area contributed by atoms with Gasteiger partial charge < -0.3 is 15.5 Å². The van der Waals surface area contributed by atoms with Crippen molar-refractivity contribution in [3.05, 3.63) is 52.8 Å². The smallest absolute Gasteiger partial charge is 0.141 e. The van der Waals surface area contributed by atoms with Gasteiger partial charge in [-0.3, -0.25) is 0 Å². The highest BCUT2D eigenvalue weighted by atomic mass is 35.5. The Morgan fingerprint density at radius 2 is 1.74 bits per heavy atom. The summed E-state index contributed by atoms with van der Waals surface area (Å²) in [5.41, 5.74) is 1.36. The van der Waals surface area contributed by atoms with Crippen LogP contribution in [-0.4, -0.2) is 10.2 Å². The van der Waals surface area contributed by atoms with Crippen LogP contribution in [-0.2, 0) is 0 Å². The first-order valence-corrected chi connectivity index (χ1v) is 6.08. The van der Waals surface area contributed by atoms with E-state index in [9.17, 15) is 14.6 Å². The quantitative estimate of drug-likeness (QED) is 0.795. The van der Waals surface area contributed by atoms with Crippen LogP contribution >= 0.6 is 11.6 Å². The number of aromatic hydroxyl groups is 2. The fourth-order valence-electron chi connectivity index (χ4n) is 1.79. The first kappa shape index (κ1) is 13.5. The van der Waals surface area contributed by atoms with E-state index < -0.39 is 5.82 Å². The summed E-state index contributed by atoms with van der Waals surface area (Å²) in [5, 5.41) is 22.0. The van der Waals surface area contributed by atoms with Crippen molar-refractivity contribution in [2.24, 2.45) is 0 Å². The Hall–Kier alpha value is -1.94. The lowest BCUT2D eigenvalue weighted by atomic mass is 10.1. The molecule has 5 heteroatoms. The van der Waals surface area contributed by atoms with Crippen molar-refractivity contribution < 1.29 is 14.6 Å². The van der Waals surface area contributed by atoms with E-state index in [4.69, 9.17) is 11.6 Å². The Labute approximate surface area is 115 Å². The number of rotatable bonds is 3. The van der Waals surface area contributed by atoms with Gasteiger partial charge in [0.25, 0.3) is 0 Å². The van der Waals surface area contributed by atoms with Gasteiger partial charge in [0.05, 0.1) is 5.02 Å². The van der Waals surface area contributed by atoms with Gasteiger partial charge in [0.15, 0.2) is 0 Å². The van der Waals surface area contributed by atoms with Crippen LogP contribution in [0.2, 0.25) is 5.02 Å². The highest BCUT2D eigenvalue weighted by Gasteiger charge is 2.09. The van der Waals surface area contributed by atoms with Crippen LogP contribution in [0.4, 0.5) is 10.1 Å². The van der Waals surface area contributed by atoms with Crippen molar-refractivity contribution >= 4 is 17.3 Å². The maximum Gasteiger partial charge on any atom is 0.141 e. The average molecular weight is 282 g/mol. The van der Waals surface area contributed by atoms with E-state index in [1.165, 1.54) is 18.2 Å². The van der Waals surface area contributed by atoms with Crippen molar-refractivity contribution in [3.63, 3.8) is 0 Å². The molecular weight excluding hydrogens is 269 g/mol. The lowest BCUT2D eigenvalue weighted by molar-refractivity contribution is 0.448. The molecule has 0 aromatic heterocycles. The predicted octanol–water partition coefficient (Wildman–Crippen LogP) is 4.06. The lowest BCUT2D eigenvalue weighted by Gasteiger charge is -2.16. The van der Waals surface area contributed by atoms with Gasteiger partial charge in [-0.05, 0) is 42.8 Å². The topological polar surface area (TPSA) is 52.5 Å². The maximum absolute atomic E-state index is 13.0. The van der Waals surface area contributed by atoms with Gasteiger partial charge in [-0.1, -0.05) is 11.6 Å². The molecule has 3 nitrogen and oxygen atoms in total. The highest BCUT2D eigenvalue weighted by Crippen LogP contribution is 2.28. The van der Waals surface area contributed by atoms with Crippen LogP contribution in [0.15, 0.2) is 36.4 Å². The Morgan fingerprint density at radius 3 is 2.32 bits per heavy atom. The van der Waals surface area contributed by atoms with Gasteiger partial charge in [-0.25, -0.2) is 4.39 Å². The molecule has 1 atom stereocenters. The molecule has 0 aliphatic carbocycles. The lowest BCUT2D eigenvalue weighted by Crippen LogP contribution is -2.06. The molecule has 19 heavy (non-hydrogen) atoms. The van der Waals surface area contributed by atoms with E-state index in [2.05, 4.69) is 5.32 Å². The molecule has 0 amide bonds. The zero-order chi connectivity index (χ0) is 14.0. The molecule has 0 saturated carbocycles. The second-order valence-corrected chi connectivity index (χ2v) is 4.68. The summed E-state index contributed by atoms with van der Waals surface area (Å²) < 4.78 is 13.0. The molecule has 0 bridgehead atoms. The molecular formula is C14H13ClFNO2. The van der Waals surface area contributed by atoms with Gasteiger partial charge in [-0.2, -0.15) is 0 Å². The first-order chi connectivity index (χ1) is 8.95. The van der Waals surface area contributed by atoms with Crippen LogP contribution in [0.1, 0.15) is 18.5 Å². The minimum absolute atomic E-state index is 0.0132. The van der Waals surface area contributed by atoms with Crippen LogP contribution < -0.4 is 5.32 Å². The first-order valence-electron chi connectivity index (χ1n) is 5.70. The average Bonchev–Trinajstić information content (AvgIpc) is 2.32. The van der Waals surface area contributed by atoms with Gasteiger partial charge in [-0.15, -0.1) is 0 Å². The molecule has 2 rings (SSSR count). The van der Waals surface area contributed by atoms with Gasteiger partial charge in [0.1, 0.15) is 17.3 Å². The Kier molecular flexibility index (Phi) is 3.81. The second kappa shape index (κ2) is 5.36. The van der Waals surface area contributed by atoms with Crippen molar-refractivity contribution in [2.45, 2.75) is 13.0 Å². The predicted molar refractivity (Wildman–Crippen MR) is 73.2 cm³/mol. The van der Waals surface area contributed by atoms with Crippen LogP contribution in [0.25, 0.3) is 0 Å². The summed E-state index contributed by atoms with van der Waals surface area (Å²) >= 11 is 5.70. The zero-order valence-corrected chi connectivity index (χ0v) is 10.9. The molecule has 0 spiro atoms. The molecule has 0 aliphatic rings. The number of halogens is 2. The van der Waals surface area contributed by atoms with Gasteiger partial charge in [0, 0.05) is 17.8 Å². The van der Waals surface area contributed by atoms with Crippen molar-refractivity contribution in [2.75, 3.05) is 5.32 Å². The summed E-state index contributed by atoms with van der Waals surface area (Å²) in [5.74, 6) is -0.503. The normalized spacial score (nSPS) is 12.2. The molecule has 0 heterocycles. The summed E-state index contributed by atoms with van der Waals surface area (Å²) in [6.45, 7) is 1.85. The summed E-state index contributed by atoms with van der Waals surface area (Å²) in [4.78, 5) is 0. The summed E-state index contributed by atoms with van der Waals surface area (Å²) in [6, 6.07) is 8.49. The maximum atomic E-state index is 13.0. The number of phenolic OH excluding ortho intramolecular Hbond substituents is 2. The van der Waals surface area contributed by atoms with E-state index in [0.717, 1.165) is 0 Å². The van der Waals surface area contributed by atoms with E-state index in [1.807, 2.05) is 6.92 Å². The van der Waals surface area contributed by atoms with Gasteiger partial charge >= 0.3 is 0 Å². The molecule has 0 fully saturated rings. The molecule has 0 aliphatic heterocycles. The Bertz CT molecular complexity index is 584. The molecule has 3 N–H and O–H groups in total. The standard InChI is InChI=1S/C14H13ClFNO2/c1-8(9-4-11(18)7-12(19)5-9)17-10-2-3-14(16)13(15)6-10/h2-8,17-19H,1H3. The van der Waals surface area contributed by atoms with E-state index in [-0.39, 0.29) is 22.6 Å². The number of phenols is 2. The van der Waals surface area contributed by atoms with Crippen molar-refractivity contribution in [1.82, 2.24) is 0 Å². The van der Waals surface area contributed by atoms with Crippen LogP contribution in [0.5, 0.6) is 11.5 Å². The van der Waals surface area contributed by atoms with Crippen LogP contribution in [0.3, 0.4) is 0 Å². The van der Waals surface area contributed by atoms with Crippen LogP contribution in [0, 0.1) is 5.82 Å². The third kappa shape index (κ3) is 3.29. The number of hydrogen-bond acceptors (Lipinski definition) is 3. The number of benzene rings is 2. The number of nitrogens with one attached hydrogen (secondary N) is 1. The fraction of sp³-hybridized carbons (Fsp3) is 0.143. The third-order valence-electron chi connectivity index (χ3n) is 2.73. The zero-order valence-electron chi connectivity index (χ0n) is 10.2. The minimum Gasteiger partial charge on any atom is -0.508 e. The van der Waals surface area contributed by atoms with E-state index in [1.54, 1.807) is 18.2 Å². The Morgan fingerprint density at radius 1 is 1.11 bits per heavy atom. The van der Waals surface area contributed by atoms with Gasteiger partial charge in [0.2, 0.25) is 0 Å². The molecule has 0 radical (unpaired) electrons. The molecule has 2 aromatic carbocycles. The van der Waals surface area contributed by atoms with Crippen molar-refractivity contribution in [1.29, 1.82) is 0 Å². The molecule has 0 saturated heterocycles. The van der Waals surface area contributed by atoms with E-state index in [0.29, 0.717) is 11.3 Å². The monoisotopic (exact) mass is 281 g/mol. The molecule has 2 aromatic rings. The third-order valence-corrected chi connectivity index (χ3v) is 3.02. The second-order valence-electron chi connectivity index (χ2n) is 4.28. The SMILES string of the molecule is CC(Nc1ccc(F)c(Cl)c1)c1cc(O)cc(O)c1. The largest absolute Gasteiger partial charge is 0.508 e. The highest BCUT2D eigenvalue weighted by molar-refractivity contribution is 6.31. The molecule has 1 unspecified atom stereocenters. The van der Waals surface area contributed by atoms with E-state index >= 15 is 0 Å². The number of anilines is 1. The number of hydrogen-bond donors (Lipinski definition) is 3. The van der Waals surface area contributed by atoms with Crippen molar-refractivity contribution in [3.8, 4) is 11.5 Å². The molecule has 100 valence electrons. The fourth-order valence-corrected chi connectivity index (χ4v) is 1.97. The Balaban J connectivity index is 2.20.